The van der Waals surface area contributed by atoms with Gasteiger partial charge in [-0.1, -0.05) is 12.1 Å². The van der Waals surface area contributed by atoms with Gasteiger partial charge in [0.25, 0.3) is 5.91 Å². The van der Waals surface area contributed by atoms with Gasteiger partial charge in [0, 0.05) is 38.3 Å². The fraction of sp³-hybridized carbons (Fsp3) is 0.632. The first-order valence-electron chi connectivity index (χ1n) is 9.47. The molecule has 1 aromatic carbocycles. The first-order chi connectivity index (χ1) is 12.9. The number of ether oxygens (including phenoxy) is 1. The van der Waals surface area contributed by atoms with E-state index >= 15 is 0 Å². The average molecular weight is 396 g/mol. The lowest BCUT2D eigenvalue weighted by Gasteiger charge is -2.36. The maximum Gasteiger partial charge on any atom is 0.253 e. The summed E-state index contributed by atoms with van der Waals surface area (Å²) in [7, 11) is 0.568. The average Bonchev–Trinajstić information content (AvgIpc) is 2.68. The van der Waals surface area contributed by atoms with Crippen LogP contribution in [0.3, 0.4) is 0 Å². The lowest BCUT2D eigenvalue weighted by molar-refractivity contribution is 0.0685. The molecule has 0 aliphatic carbocycles. The number of rotatable bonds is 5. The van der Waals surface area contributed by atoms with Gasteiger partial charge in [0.15, 0.2) is 0 Å². The zero-order valence-corrected chi connectivity index (χ0v) is 17.0. The van der Waals surface area contributed by atoms with Crippen molar-refractivity contribution < 1.29 is 17.9 Å². The third-order valence-corrected chi connectivity index (χ3v) is 7.40. The highest BCUT2D eigenvalue weighted by Gasteiger charge is 2.37. The predicted octanol–water partition coefficient (Wildman–Crippen LogP) is 1.01. The molecule has 0 unspecified atom stereocenters. The van der Waals surface area contributed by atoms with Crippen molar-refractivity contribution in [2.45, 2.75) is 24.6 Å². The molecular formula is C19H29N3O4S. The molecule has 150 valence electrons. The van der Waals surface area contributed by atoms with Crippen LogP contribution in [0.2, 0.25) is 0 Å². The van der Waals surface area contributed by atoms with E-state index in [1.807, 2.05) is 38.4 Å². The van der Waals surface area contributed by atoms with Crippen molar-refractivity contribution >= 4 is 15.9 Å². The molecule has 2 saturated heterocycles. The van der Waals surface area contributed by atoms with Gasteiger partial charge in [-0.25, -0.2) is 8.42 Å². The number of carbonyl (C=O) groups excluding carboxylic acids is 1. The Hall–Kier alpha value is -1.48. The van der Waals surface area contributed by atoms with E-state index in [0.717, 1.165) is 12.1 Å². The molecule has 0 bridgehead atoms. The molecule has 0 N–H and O–H groups in total. The number of piperidine rings is 1. The van der Waals surface area contributed by atoms with Gasteiger partial charge in [-0.2, -0.15) is 4.31 Å². The van der Waals surface area contributed by atoms with Crippen LogP contribution in [0.25, 0.3) is 0 Å². The zero-order chi connectivity index (χ0) is 19.4. The number of morpholine rings is 1. The molecule has 0 spiro atoms. The van der Waals surface area contributed by atoms with Crippen LogP contribution in [-0.4, -0.2) is 87.2 Å². The van der Waals surface area contributed by atoms with Crippen molar-refractivity contribution in [1.82, 2.24) is 14.1 Å². The van der Waals surface area contributed by atoms with Gasteiger partial charge in [0.2, 0.25) is 10.0 Å². The van der Waals surface area contributed by atoms with Gasteiger partial charge >= 0.3 is 0 Å². The number of likely N-dealkylation sites (tertiary alicyclic amines) is 1. The molecule has 2 fully saturated rings. The number of nitrogens with zero attached hydrogens (tertiary/aromatic N) is 3. The molecule has 0 aromatic heterocycles. The van der Waals surface area contributed by atoms with E-state index < -0.39 is 15.3 Å². The molecule has 27 heavy (non-hydrogen) atoms. The minimum absolute atomic E-state index is 0.0857. The maximum atomic E-state index is 13.0. The van der Waals surface area contributed by atoms with Crippen LogP contribution in [0.15, 0.2) is 24.3 Å². The number of hydrogen-bond acceptors (Lipinski definition) is 5. The van der Waals surface area contributed by atoms with Crippen LogP contribution in [0, 0.1) is 0 Å². The van der Waals surface area contributed by atoms with Gasteiger partial charge in [0.1, 0.15) is 0 Å². The minimum Gasteiger partial charge on any atom is -0.379 e. The van der Waals surface area contributed by atoms with E-state index in [9.17, 15) is 13.2 Å². The van der Waals surface area contributed by atoms with Crippen LogP contribution in [0.4, 0.5) is 0 Å². The number of benzene rings is 1. The summed E-state index contributed by atoms with van der Waals surface area (Å²) in [5.41, 5.74) is 1.69. The quantitative estimate of drug-likeness (QED) is 0.744. The molecule has 8 heteroatoms. The Balaban J connectivity index is 1.71. The van der Waals surface area contributed by atoms with Crippen LogP contribution in [0.1, 0.15) is 28.8 Å². The summed E-state index contributed by atoms with van der Waals surface area (Å²) in [4.78, 5) is 16.7. The highest BCUT2D eigenvalue weighted by atomic mass is 32.2. The molecule has 1 atom stereocenters. The van der Waals surface area contributed by atoms with Gasteiger partial charge in [-0.3, -0.25) is 4.79 Å². The Morgan fingerprint density at radius 1 is 1.22 bits per heavy atom. The number of hydrogen-bond donors (Lipinski definition) is 0. The van der Waals surface area contributed by atoms with Crippen LogP contribution >= 0.6 is 0 Å². The molecule has 1 aromatic rings. The van der Waals surface area contributed by atoms with E-state index in [2.05, 4.69) is 4.90 Å². The fourth-order valence-electron chi connectivity index (χ4n) is 3.73. The highest BCUT2D eigenvalue weighted by molar-refractivity contribution is 7.89. The smallest absolute Gasteiger partial charge is 0.253 e. The second kappa shape index (κ2) is 8.68. The number of amides is 1. The standard InChI is InChI=1S/C19H29N3O4S/c1-20(2)14-16-5-3-6-17(13-16)19(23)21-8-4-7-18(15-21)27(24,25)22-9-11-26-12-10-22/h3,5-6,13,18H,4,7-12,14-15H2,1-2H3/t18-/m0/s1. The van der Waals surface area contributed by atoms with Crippen molar-refractivity contribution in [3.05, 3.63) is 35.4 Å². The Labute approximate surface area is 161 Å². The van der Waals surface area contributed by atoms with Gasteiger partial charge in [-0.15, -0.1) is 0 Å². The normalized spacial score (nSPS) is 22.2. The number of carbonyl (C=O) groups is 1. The summed E-state index contributed by atoms with van der Waals surface area (Å²) in [5.74, 6) is -0.0857. The first kappa shape index (κ1) is 20.3. The molecule has 0 saturated carbocycles. The van der Waals surface area contributed by atoms with Gasteiger partial charge in [0.05, 0.1) is 18.5 Å². The second-order valence-corrected chi connectivity index (χ2v) is 9.72. The number of sulfonamides is 1. The molecule has 2 heterocycles. The Kier molecular flexibility index (Phi) is 6.52. The van der Waals surface area contributed by atoms with E-state index in [-0.39, 0.29) is 12.5 Å². The summed E-state index contributed by atoms with van der Waals surface area (Å²) < 4.78 is 32.7. The van der Waals surface area contributed by atoms with Crippen LogP contribution < -0.4 is 0 Å². The lowest BCUT2D eigenvalue weighted by Crippen LogP contribution is -2.51. The molecule has 7 nitrogen and oxygen atoms in total. The van der Waals surface area contributed by atoms with Crippen LogP contribution in [-0.2, 0) is 21.3 Å². The Morgan fingerprint density at radius 2 is 1.96 bits per heavy atom. The van der Waals surface area contributed by atoms with Crippen molar-refractivity contribution in [3.8, 4) is 0 Å². The van der Waals surface area contributed by atoms with E-state index in [1.54, 1.807) is 4.90 Å². The molecule has 2 aliphatic rings. The van der Waals surface area contributed by atoms with Crippen molar-refractivity contribution in [2.24, 2.45) is 0 Å². The lowest BCUT2D eigenvalue weighted by atomic mass is 10.1. The monoisotopic (exact) mass is 395 g/mol. The maximum absolute atomic E-state index is 13.0. The van der Waals surface area contributed by atoms with Gasteiger partial charge in [-0.05, 0) is 44.6 Å². The van der Waals surface area contributed by atoms with Crippen molar-refractivity contribution in [1.29, 1.82) is 0 Å². The first-order valence-corrected chi connectivity index (χ1v) is 11.0. The van der Waals surface area contributed by atoms with Crippen molar-refractivity contribution in [2.75, 3.05) is 53.5 Å². The van der Waals surface area contributed by atoms with E-state index in [4.69, 9.17) is 4.74 Å². The Morgan fingerprint density at radius 3 is 2.67 bits per heavy atom. The van der Waals surface area contributed by atoms with Gasteiger partial charge < -0.3 is 14.5 Å². The van der Waals surface area contributed by atoms with Crippen molar-refractivity contribution in [3.63, 3.8) is 0 Å². The zero-order valence-electron chi connectivity index (χ0n) is 16.1. The molecule has 1 amide bonds. The minimum atomic E-state index is -3.41. The topological polar surface area (TPSA) is 70.2 Å². The largest absolute Gasteiger partial charge is 0.379 e. The third kappa shape index (κ3) is 4.87. The summed E-state index contributed by atoms with van der Waals surface area (Å²) in [5, 5.41) is -0.529. The summed E-state index contributed by atoms with van der Waals surface area (Å²) in [6.45, 7) is 3.30. The predicted molar refractivity (Wildman–Crippen MR) is 104 cm³/mol. The molecule has 3 rings (SSSR count). The Bertz CT molecular complexity index is 760. The van der Waals surface area contributed by atoms with Crippen LogP contribution in [0.5, 0.6) is 0 Å². The highest BCUT2D eigenvalue weighted by Crippen LogP contribution is 2.23. The van der Waals surface area contributed by atoms with E-state index in [0.29, 0.717) is 51.3 Å². The fourth-order valence-corrected chi connectivity index (χ4v) is 5.64. The summed E-state index contributed by atoms with van der Waals surface area (Å²) >= 11 is 0. The SMILES string of the molecule is CN(C)Cc1cccc(C(=O)N2CCC[C@H](S(=O)(=O)N3CCOCC3)C2)c1. The molecule has 2 aliphatic heterocycles. The molecule has 0 radical (unpaired) electrons. The summed E-state index contributed by atoms with van der Waals surface area (Å²) in [6, 6.07) is 7.60. The summed E-state index contributed by atoms with van der Waals surface area (Å²) in [6.07, 6.45) is 1.31. The second-order valence-electron chi connectivity index (χ2n) is 7.51. The van der Waals surface area contributed by atoms with E-state index in [1.165, 1.54) is 4.31 Å². The molecular weight excluding hydrogens is 366 g/mol. The third-order valence-electron chi connectivity index (χ3n) is 5.09.